The summed E-state index contributed by atoms with van der Waals surface area (Å²) in [6.07, 6.45) is 2.51. The van der Waals surface area contributed by atoms with Crippen LogP contribution in [0.2, 0.25) is 0 Å². The zero-order valence-corrected chi connectivity index (χ0v) is 11.8. The molecule has 0 bridgehead atoms. The third-order valence-corrected chi connectivity index (χ3v) is 4.29. The van der Waals surface area contributed by atoms with Gasteiger partial charge >= 0.3 is 0 Å². The predicted molar refractivity (Wildman–Crippen MR) is 74.6 cm³/mol. The average Bonchev–Trinajstić information content (AvgIpc) is 2.42. The van der Waals surface area contributed by atoms with E-state index in [1.165, 1.54) is 52.1 Å². The van der Waals surface area contributed by atoms with E-state index in [2.05, 4.69) is 16.7 Å². The van der Waals surface area contributed by atoms with Gasteiger partial charge in [-0.2, -0.15) is 0 Å². The van der Waals surface area contributed by atoms with Gasteiger partial charge in [-0.15, -0.1) is 0 Å². The first-order chi connectivity index (χ1) is 8.78. The van der Waals surface area contributed by atoms with Crippen molar-refractivity contribution in [1.82, 2.24) is 9.80 Å². The van der Waals surface area contributed by atoms with Gasteiger partial charge in [0.05, 0.1) is 0 Å². The third-order valence-electron chi connectivity index (χ3n) is 4.29. The highest BCUT2D eigenvalue weighted by atomic mass is 16.5. The number of piperazine rings is 1. The Bertz CT molecular complexity index is 223. The Hall–Kier alpha value is -0.160. The first-order valence-electron chi connectivity index (χ1n) is 7.50. The quantitative estimate of drug-likeness (QED) is 0.782. The summed E-state index contributed by atoms with van der Waals surface area (Å²) in [4.78, 5) is 5.21. The lowest BCUT2D eigenvalue weighted by Gasteiger charge is -2.38. The molecule has 106 valence electrons. The first kappa shape index (κ1) is 14.3. The second-order valence-corrected chi connectivity index (χ2v) is 6.00. The second-order valence-electron chi connectivity index (χ2n) is 6.00. The highest BCUT2D eigenvalue weighted by Gasteiger charge is 2.22. The minimum absolute atomic E-state index is 0.632. The molecule has 0 radical (unpaired) electrons. The molecule has 2 heterocycles. The molecule has 0 amide bonds. The minimum atomic E-state index is 0.632. The van der Waals surface area contributed by atoms with Crippen LogP contribution in [0.1, 0.15) is 19.8 Å². The standard InChI is InChI=1S/C14H29N3O/c1-13(10-15)11-16-4-6-17(7-5-16)12-14-2-8-18-9-3-14/h13-14H,2-12,15H2,1H3. The van der Waals surface area contributed by atoms with E-state index in [1.54, 1.807) is 0 Å². The van der Waals surface area contributed by atoms with Gasteiger partial charge in [-0.3, -0.25) is 0 Å². The molecule has 4 nitrogen and oxygen atoms in total. The molecule has 0 aromatic heterocycles. The number of hydrogen-bond acceptors (Lipinski definition) is 4. The molecule has 0 spiro atoms. The maximum Gasteiger partial charge on any atom is 0.0469 e. The number of hydrogen-bond donors (Lipinski definition) is 1. The summed E-state index contributed by atoms with van der Waals surface area (Å²) in [6.45, 7) is 12.3. The summed E-state index contributed by atoms with van der Waals surface area (Å²) in [5.41, 5.74) is 5.69. The van der Waals surface area contributed by atoms with Crippen molar-refractivity contribution in [1.29, 1.82) is 0 Å². The van der Waals surface area contributed by atoms with Gasteiger partial charge in [-0.05, 0) is 31.2 Å². The molecular formula is C14H29N3O. The Balaban J connectivity index is 1.63. The lowest BCUT2D eigenvalue weighted by atomic mass is 9.99. The molecule has 2 rings (SSSR count). The van der Waals surface area contributed by atoms with Crippen molar-refractivity contribution in [3.63, 3.8) is 0 Å². The van der Waals surface area contributed by atoms with Crippen molar-refractivity contribution in [3.05, 3.63) is 0 Å². The maximum absolute atomic E-state index is 5.69. The van der Waals surface area contributed by atoms with Crippen molar-refractivity contribution in [3.8, 4) is 0 Å². The van der Waals surface area contributed by atoms with E-state index >= 15 is 0 Å². The van der Waals surface area contributed by atoms with Gasteiger partial charge in [-0.1, -0.05) is 6.92 Å². The minimum Gasteiger partial charge on any atom is -0.381 e. The molecular weight excluding hydrogens is 226 g/mol. The lowest BCUT2D eigenvalue weighted by Crippen LogP contribution is -2.49. The summed E-state index contributed by atoms with van der Waals surface area (Å²) in [5, 5.41) is 0. The highest BCUT2D eigenvalue weighted by molar-refractivity contribution is 4.76. The van der Waals surface area contributed by atoms with Crippen LogP contribution in [0.25, 0.3) is 0 Å². The van der Waals surface area contributed by atoms with E-state index in [0.717, 1.165) is 25.7 Å². The van der Waals surface area contributed by atoms with E-state index in [4.69, 9.17) is 10.5 Å². The first-order valence-corrected chi connectivity index (χ1v) is 7.50. The van der Waals surface area contributed by atoms with Crippen LogP contribution in [0.3, 0.4) is 0 Å². The van der Waals surface area contributed by atoms with Gasteiger partial charge in [0.2, 0.25) is 0 Å². The monoisotopic (exact) mass is 255 g/mol. The van der Waals surface area contributed by atoms with Crippen molar-refractivity contribution in [2.75, 3.05) is 59.0 Å². The van der Waals surface area contributed by atoms with Crippen LogP contribution < -0.4 is 5.73 Å². The Morgan fingerprint density at radius 3 is 2.33 bits per heavy atom. The second kappa shape index (κ2) is 7.43. The number of rotatable bonds is 5. The zero-order chi connectivity index (χ0) is 12.8. The number of nitrogens with two attached hydrogens (primary N) is 1. The van der Waals surface area contributed by atoms with Gasteiger partial charge in [0, 0.05) is 52.5 Å². The van der Waals surface area contributed by atoms with E-state index in [0.29, 0.717) is 5.92 Å². The maximum atomic E-state index is 5.69. The number of ether oxygens (including phenoxy) is 1. The Morgan fingerprint density at radius 2 is 1.72 bits per heavy atom. The van der Waals surface area contributed by atoms with Crippen LogP contribution in [-0.2, 0) is 4.74 Å². The fraction of sp³-hybridized carbons (Fsp3) is 1.00. The van der Waals surface area contributed by atoms with Gasteiger partial charge in [0.15, 0.2) is 0 Å². The van der Waals surface area contributed by atoms with E-state index < -0.39 is 0 Å². The van der Waals surface area contributed by atoms with Crippen LogP contribution in [0.5, 0.6) is 0 Å². The Labute approximate surface area is 111 Å². The van der Waals surface area contributed by atoms with Crippen LogP contribution in [0, 0.1) is 11.8 Å². The molecule has 1 unspecified atom stereocenters. The van der Waals surface area contributed by atoms with Gasteiger partial charge in [0.1, 0.15) is 0 Å². The molecule has 2 aliphatic heterocycles. The van der Waals surface area contributed by atoms with Gasteiger partial charge in [-0.25, -0.2) is 0 Å². The van der Waals surface area contributed by atoms with Crippen molar-refractivity contribution in [2.45, 2.75) is 19.8 Å². The lowest BCUT2D eigenvalue weighted by molar-refractivity contribution is 0.0410. The molecule has 4 heteroatoms. The van der Waals surface area contributed by atoms with Crippen LogP contribution >= 0.6 is 0 Å². The molecule has 0 saturated carbocycles. The molecule has 2 N–H and O–H groups in total. The van der Waals surface area contributed by atoms with Gasteiger partial charge < -0.3 is 20.3 Å². The Morgan fingerprint density at radius 1 is 1.11 bits per heavy atom. The normalized spacial score (nSPS) is 26.3. The Kier molecular flexibility index (Phi) is 5.89. The van der Waals surface area contributed by atoms with Crippen molar-refractivity contribution < 1.29 is 4.74 Å². The summed E-state index contributed by atoms with van der Waals surface area (Å²) < 4.78 is 5.42. The summed E-state index contributed by atoms with van der Waals surface area (Å²) in [7, 11) is 0. The van der Waals surface area contributed by atoms with Crippen LogP contribution in [0.4, 0.5) is 0 Å². The predicted octanol–water partition coefficient (Wildman–Crippen LogP) is 0.625. The highest BCUT2D eigenvalue weighted by Crippen LogP contribution is 2.17. The van der Waals surface area contributed by atoms with Crippen molar-refractivity contribution >= 4 is 0 Å². The molecule has 2 aliphatic rings. The SMILES string of the molecule is CC(CN)CN1CCN(CC2CCOCC2)CC1. The molecule has 0 aromatic carbocycles. The number of nitrogens with zero attached hydrogens (tertiary/aromatic N) is 2. The molecule has 0 aliphatic carbocycles. The average molecular weight is 255 g/mol. The molecule has 2 saturated heterocycles. The van der Waals surface area contributed by atoms with Crippen molar-refractivity contribution in [2.24, 2.45) is 17.6 Å². The summed E-state index contributed by atoms with van der Waals surface area (Å²) in [6, 6.07) is 0. The topological polar surface area (TPSA) is 41.7 Å². The largest absolute Gasteiger partial charge is 0.381 e. The van der Waals surface area contributed by atoms with E-state index in [9.17, 15) is 0 Å². The fourth-order valence-electron chi connectivity index (χ4n) is 2.96. The molecule has 0 aromatic rings. The van der Waals surface area contributed by atoms with E-state index in [-0.39, 0.29) is 0 Å². The molecule has 2 fully saturated rings. The fourth-order valence-corrected chi connectivity index (χ4v) is 2.96. The molecule has 18 heavy (non-hydrogen) atoms. The smallest absolute Gasteiger partial charge is 0.0469 e. The zero-order valence-electron chi connectivity index (χ0n) is 11.8. The van der Waals surface area contributed by atoms with Gasteiger partial charge in [0.25, 0.3) is 0 Å². The molecule has 1 atom stereocenters. The van der Waals surface area contributed by atoms with E-state index in [1.807, 2.05) is 0 Å². The summed E-state index contributed by atoms with van der Waals surface area (Å²) >= 11 is 0. The van der Waals surface area contributed by atoms with Crippen LogP contribution in [-0.4, -0.2) is 68.8 Å². The summed E-state index contributed by atoms with van der Waals surface area (Å²) in [5.74, 6) is 1.50. The third kappa shape index (κ3) is 4.50. The van der Waals surface area contributed by atoms with Crippen LogP contribution in [0.15, 0.2) is 0 Å².